The van der Waals surface area contributed by atoms with E-state index in [0.29, 0.717) is 50.3 Å². The molecular weight excluding hydrogens is 414 g/mol. The lowest BCUT2D eigenvalue weighted by Crippen LogP contribution is -2.55. The Morgan fingerprint density at radius 3 is 2.06 bits per heavy atom. The summed E-state index contributed by atoms with van der Waals surface area (Å²) >= 11 is 0. The van der Waals surface area contributed by atoms with Gasteiger partial charge < -0.3 is 14.7 Å². The van der Waals surface area contributed by atoms with Gasteiger partial charge in [-0.25, -0.2) is 0 Å². The quantitative estimate of drug-likeness (QED) is 0.626. The van der Waals surface area contributed by atoms with E-state index in [1.165, 1.54) is 0 Å². The summed E-state index contributed by atoms with van der Waals surface area (Å²) in [7, 11) is 0. The van der Waals surface area contributed by atoms with Gasteiger partial charge in [0.15, 0.2) is 0 Å². The smallest absolute Gasteiger partial charge is 0.254 e. The number of rotatable bonds is 3. The summed E-state index contributed by atoms with van der Waals surface area (Å²) < 4.78 is 0. The Labute approximate surface area is 193 Å². The van der Waals surface area contributed by atoms with Gasteiger partial charge >= 0.3 is 0 Å². The number of hydrogen-bond donors (Lipinski definition) is 0. The molecular formula is C27H27N3O3. The molecule has 2 heterocycles. The van der Waals surface area contributed by atoms with Gasteiger partial charge in [-0.05, 0) is 47.9 Å². The predicted molar refractivity (Wildman–Crippen MR) is 127 cm³/mol. The molecule has 3 aromatic carbocycles. The number of piperazine rings is 1. The molecule has 1 atom stereocenters. The third-order valence-corrected chi connectivity index (χ3v) is 6.69. The van der Waals surface area contributed by atoms with Gasteiger partial charge in [-0.2, -0.15) is 0 Å². The summed E-state index contributed by atoms with van der Waals surface area (Å²) in [6.45, 7) is 2.57. The number of nitrogens with zero attached hydrogens (tertiary/aromatic N) is 3. The Bertz CT molecular complexity index is 1190. The lowest BCUT2D eigenvalue weighted by molar-refractivity contribution is -0.136. The molecule has 2 saturated heterocycles. The van der Waals surface area contributed by atoms with Crippen molar-refractivity contribution in [2.45, 2.75) is 18.9 Å². The van der Waals surface area contributed by atoms with Crippen LogP contribution in [-0.2, 0) is 4.79 Å². The SMILES string of the molecule is O=C(c1ccc2ccccc2c1)N1CCN(C(=O)[C@H]2CCCN2C(=O)c2ccccc2)CC1. The van der Waals surface area contributed by atoms with Crippen LogP contribution < -0.4 is 0 Å². The topological polar surface area (TPSA) is 60.9 Å². The summed E-state index contributed by atoms with van der Waals surface area (Å²) in [5.41, 5.74) is 1.28. The highest BCUT2D eigenvalue weighted by molar-refractivity contribution is 5.99. The van der Waals surface area contributed by atoms with E-state index >= 15 is 0 Å². The van der Waals surface area contributed by atoms with Crippen molar-refractivity contribution in [2.24, 2.45) is 0 Å². The molecule has 0 bridgehead atoms. The van der Waals surface area contributed by atoms with Crippen molar-refractivity contribution in [1.82, 2.24) is 14.7 Å². The summed E-state index contributed by atoms with van der Waals surface area (Å²) in [6.07, 6.45) is 1.52. The third kappa shape index (κ3) is 4.21. The number of benzene rings is 3. The van der Waals surface area contributed by atoms with Gasteiger partial charge in [0.05, 0.1) is 0 Å². The van der Waals surface area contributed by atoms with Crippen LogP contribution in [0.4, 0.5) is 0 Å². The van der Waals surface area contributed by atoms with Crippen LogP contribution in [0.3, 0.4) is 0 Å². The Morgan fingerprint density at radius 1 is 0.636 bits per heavy atom. The minimum atomic E-state index is -0.416. The van der Waals surface area contributed by atoms with Gasteiger partial charge in [-0.15, -0.1) is 0 Å². The lowest BCUT2D eigenvalue weighted by atomic mass is 10.1. The molecule has 2 aliphatic heterocycles. The monoisotopic (exact) mass is 441 g/mol. The number of hydrogen-bond acceptors (Lipinski definition) is 3. The molecule has 33 heavy (non-hydrogen) atoms. The second kappa shape index (κ2) is 9.06. The first kappa shape index (κ1) is 21.2. The fourth-order valence-corrected chi connectivity index (χ4v) is 4.86. The van der Waals surface area contributed by atoms with Gasteiger partial charge in [0, 0.05) is 43.9 Å². The molecule has 0 aromatic heterocycles. The number of amides is 3. The highest BCUT2D eigenvalue weighted by atomic mass is 16.2. The van der Waals surface area contributed by atoms with Crippen molar-refractivity contribution >= 4 is 28.5 Å². The van der Waals surface area contributed by atoms with Gasteiger partial charge in [-0.3, -0.25) is 14.4 Å². The maximum Gasteiger partial charge on any atom is 0.254 e. The third-order valence-electron chi connectivity index (χ3n) is 6.69. The minimum absolute atomic E-state index is 0.00500. The average Bonchev–Trinajstić information content (AvgIpc) is 3.37. The van der Waals surface area contributed by atoms with Gasteiger partial charge in [0.2, 0.25) is 5.91 Å². The number of likely N-dealkylation sites (tertiary alicyclic amines) is 1. The highest BCUT2D eigenvalue weighted by Crippen LogP contribution is 2.23. The van der Waals surface area contributed by atoms with Crippen molar-refractivity contribution in [2.75, 3.05) is 32.7 Å². The van der Waals surface area contributed by atoms with E-state index in [-0.39, 0.29) is 17.7 Å². The van der Waals surface area contributed by atoms with Crippen LogP contribution in [0.2, 0.25) is 0 Å². The molecule has 3 aromatic rings. The Hall–Kier alpha value is -3.67. The zero-order chi connectivity index (χ0) is 22.8. The average molecular weight is 442 g/mol. The lowest BCUT2D eigenvalue weighted by Gasteiger charge is -2.37. The normalized spacial score (nSPS) is 18.5. The largest absolute Gasteiger partial charge is 0.337 e. The van der Waals surface area contributed by atoms with Crippen LogP contribution in [0, 0.1) is 0 Å². The molecule has 0 N–H and O–H groups in total. The van der Waals surface area contributed by atoms with Gasteiger partial charge in [0.1, 0.15) is 6.04 Å². The molecule has 0 radical (unpaired) electrons. The van der Waals surface area contributed by atoms with E-state index < -0.39 is 6.04 Å². The Morgan fingerprint density at radius 2 is 1.30 bits per heavy atom. The zero-order valence-corrected chi connectivity index (χ0v) is 18.5. The van der Waals surface area contributed by atoms with Crippen molar-refractivity contribution in [3.8, 4) is 0 Å². The first-order valence-electron chi connectivity index (χ1n) is 11.5. The summed E-state index contributed by atoms with van der Waals surface area (Å²) in [5.74, 6) is -0.0965. The van der Waals surface area contributed by atoms with Crippen LogP contribution >= 0.6 is 0 Å². The molecule has 2 fully saturated rings. The van der Waals surface area contributed by atoms with E-state index in [9.17, 15) is 14.4 Å². The maximum absolute atomic E-state index is 13.3. The Balaban J connectivity index is 1.22. The van der Waals surface area contributed by atoms with Gasteiger partial charge in [0.25, 0.3) is 11.8 Å². The summed E-state index contributed by atoms with van der Waals surface area (Å²) in [6, 6.07) is 22.5. The predicted octanol–water partition coefficient (Wildman–Crippen LogP) is 3.43. The van der Waals surface area contributed by atoms with Crippen LogP contribution in [0.5, 0.6) is 0 Å². The van der Waals surface area contributed by atoms with E-state index in [1.54, 1.807) is 17.0 Å². The van der Waals surface area contributed by atoms with Crippen molar-refractivity contribution in [3.63, 3.8) is 0 Å². The molecule has 0 unspecified atom stereocenters. The fourth-order valence-electron chi connectivity index (χ4n) is 4.86. The molecule has 6 nitrogen and oxygen atoms in total. The van der Waals surface area contributed by atoms with Gasteiger partial charge in [-0.1, -0.05) is 48.5 Å². The second-order valence-electron chi connectivity index (χ2n) is 8.70. The standard InChI is InChI=1S/C27H27N3O3/c31-25(23-13-12-20-7-4-5-10-22(20)19-23)28-15-17-29(18-16-28)27(33)24-11-6-14-30(24)26(32)21-8-2-1-3-9-21/h1-5,7-10,12-13,19,24H,6,11,14-18H2/t24-/m1/s1. The first-order chi connectivity index (χ1) is 16.1. The fraction of sp³-hybridized carbons (Fsp3) is 0.296. The Kier molecular flexibility index (Phi) is 5.82. The second-order valence-corrected chi connectivity index (χ2v) is 8.70. The van der Waals surface area contributed by atoms with Crippen molar-refractivity contribution < 1.29 is 14.4 Å². The number of fused-ring (bicyclic) bond motifs is 1. The molecule has 5 rings (SSSR count). The molecule has 168 valence electrons. The van der Waals surface area contributed by atoms with Crippen LogP contribution in [0.15, 0.2) is 72.8 Å². The van der Waals surface area contributed by atoms with E-state index in [0.717, 1.165) is 17.2 Å². The van der Waals surface area contributed by atoms with Crippen LogP contribution in [-0.4, -0.2) is 71.2 Å². The maximum atomic E-state index is 13.3. The van der Waals surface area contributed by atoms with E-state index in [1.807, 2.05) is 70.5 Å². The number of carbonyl (C=O) groups is 3. The molecule has 0 spiro atoms. The van der Waals surface area contributed by atoms with E-state index in [4.69, 9.17) is 0 Å². The molecule has 0 saturated carbocycles. The summed E-state index contributed by atoms with van der Waals surface area (Å²) in [4.78, 5) is 44.6. The first-order valence-corrected chi connectivity index (χ1v) is 11.5. The van der Waals surface area contributed by atoms with E-state index in [2.05, 4.69) is 0 Å². The zero-order valence-electron chi connectivity index (χ0n) is 18.5. The molecule has 2 aliphatic rings. The molecule has 6 heteroatoms. The van der Waals surface area contributed by atoms with Crippen LogP contribution in [0.1, 0.15) is 33.6 Å². The number of carbonyl (C=O) groups excluding carboxylic acids is 3. The van der Waals surface area contributed by atoms with Crippen molar-refractivity contribution in [3.05, 3.63) is 83.9 Å². The minimum Gasteiger partial charge on any atom is -0.337 e. The van der Waals surface area contributed by atoms with Crippen molar-refractivity contribution in [1.29, 1.82) is 0 Å². The van der Waals surface area contributed by atoms with Crippen LogP contribution in [0.25, 0.3) is 10.8 Å². The molecule has 0 aliphatic carbocycles. The molecule has 3 amide bonds. The highest BCUT2D eigenvalue weighted by Gasteiger charge is 2.38. The summed E-state index contributed by atoms with van der Waals surface area (Å²) in [5, 5.41) is 2.15.